The van der Waals surface area contributed by atoms with Crippen molar-refractivity contribution in [2.45, 2.75) is 32.9 Å². The highest BCUT2D eigenvalue weighted by molar-refractivity contribution is 7.09. The van der Waals surface area contributed by atoms with Crippen molar-refractivity contribution >= 4 is 23.0 Å². The van der Waals surface area contributed by atoms with E-state index >= 15 is 0 Å². The van der Waals surface area contributed by atoms with E-state index in [1.165, 1.54) is 0 Å². The lowest BCUT2D eigenvalue weighted by Crippen LogP contribution is -2.23. The van der Waals surface area contributed by atoms with E-state index in [0.717, 1.165) is 10.6 Å². The van der Waals surface area contributed by atoms with Crippen LogP contribution in [0, 0.1) is 0 Å². The Morgan fingerprint density at radius 2 is 2.20 bits per heavy atom. The number of rotatable bonds is 4. The SMILES string of the molecule is CC(C)(C)OC(=O)c1cccc(NCc2cncs2)c1. The van der Waals surface area contributed by atoms with Crippen LogP contribution in [0.4, 0.5) is 5.69 Å². The molecule has 0 atom stereocenters. The predicted octanol–water partition coefficient (Wildman–Crippen LogP) is 3.71. The van der Waals surface area contributed by atoms with Crippen LogP contribution in [-0.4, -0.2) is 16.6 Å². The first-order chi connectivity index (χ1) is 9.44. The maximum Gasteiger partial charge on any atom is 0.338 e. The lowest BCUT2D eigenvalue weighted by molar-refractivity contribution is 0.00696. The zero-order chi connectivity index (χ0) is 14.6. The monoisotopic (exact) mass is 290 g/mol. The summed E-state index contributed by atoms with van der Waals surface area (Å²) in [5.74, 6) is -0.307. The minimum Gasteiger partial charge on any atom is -0.456 e. The van der Waals surface area contributed by atoms with E-state index in [1.54, 1.807) is 29.0 Å². The Morgan fingerprint density at radius 3 is 2.85 bits per heavy atom. The lowest BCUT2D eigenvalue weighted by atomic mass is 10.1. The van der Waals surface area contributed by atoms with Gasteiger partial charge < -0.3 is 10.1 Å². The molecule has 2 aromatic rings. The molecule has 2 rings (SSSR count). The molecule has 4 nitrogen and oxygen atoms in total. The van der Waals surface area contributed by atoms with Gasteiger partial charge in [-0.05, 0) is 39.0 Å². The first-order valence-corrected chi connectivity index (χ1v) is 7.27. The molecule has 106 valence electrons. The molecule has 0 radical (unpaired) electrons. The number of anilines is 1. The summed E-state index contributed by atoms with van der Waals surface area (Å²) in [5.41, 5.74) is 2.76. The maximum absolute atomic E-state index is 12.0. The summed E-state index contributed by atoms with van der Waals surface area (Å²) < 4.78 is 5.35. The van der Waals surface area contributed by atoms with Crippen LogP contribution in [-0.2, 0) is 11.3 Å². The van der Waals surface area contributed by atoms with Crippen molar-refractivity contribution in [3.63, 3.8) is 0 Å². The number of nitrogens with zero attached hydrogens (tertiary/aromatic N) is 1. The average molecular weight is 290 g/mol. The van der Waals surface area contributed by atoms with Gasteiger partial charge in [-0.3, -0.25) is 4.98 Å². The van der Waals surface area contributed by atoms with Crippen LogP contribution < -0.4 is 5.32 Å². The van der Waals surface area contributed by atoms with Crippen LogP contribution in [0.25, 0.3) is 0 Å². The summed E-state index contributed by atoms with van der Waals surface area (Å²) in [5, 5.41) is 3.27. The van der Waals surface area contributed by atoms with Crippen LogP contribution >= 0.6 is 11.3 Å². The molecule has 0 unspecified atom stereocenters. The van der Waals surface area contributed by atoms with Gasteiger partial charge in [-0.15, -0.1) is 11.3 Å². The molecule has 0 saturated heterocycles. The van der Waals surface area contributed by atoms with E-state index in [-0.39, 0.29) is 5.97 Å². The van der Waals surface area contributed by atoms with E-state index in [9.17, 15) is 4.79 Å². The summed E-state index contributed by atoms with van der Waals surface area (Å²) in [6.07, 6.45) is 1.83. The highest BCUT2D eigenvalue weighted by atomic mass is 32.1. The minimum atomic E-state index is -0.483. The van der Waals surface area contributed by atoms with Gasteiger partial charge in [0.2, 0.25) is 0 Å². The largest absolute Gasteiger partial charge is 0.456 e. The third kappa shape index (κ3) is 4.35. The Labute approximate surface area is 122 Å². The first kappa shape index (κ1) is 14.5. The van der Waals surface area contributed by atoms with Gasteiger partial charge in [0.05, 0.1) is 17.6 Å². The Bertz CT molecular complexity index is 574. The van der Waals surface area contributed by atoms with Crippen LogP contribution in [0.2, 0.25) is 0 Å². The molecule has 0 aliphatic rings. The standard InChI is InChI=1S/C15H18N2O2S/c1-15(2,3)19-14(18)11-5-4-6-12(7-11)17-9-13-8-16-10-20-13/h4-8,10,17H,9H2,1-3H3. The van der Waals surface area contributed by atoms with Gasteiger partial charge in [-0.25, -0.2) is 4.79 Å². The van der Waals surface area contributed by atoms with Gasteiger partial charge in [0, 0.05) is 16.8 Å². The van der Waals surface area contributed by atoms with Crippen molar-refractivity contribution < 1.29 is 9.53 Å². The Balaban J connectivity index is 2.02. The molecule has 5 heteroatoms. The summed E-state index contributed by atoms with van der Waals surface area (Å²) >= 11 is 1.60. The molecular weight excluding hydrogens is 272 g/mol. The van der Waals surface area contributed by atoms with Crippen molar-refractivity contribution in [1.82, 2.24) is 4.98 Å². The van der Waals surface area contributed by atoms with E-state index in [4.69, 9.17) is 4.74 Å². The van der Waals surface area contributed by atoms with Crippen molar-refractivity contribution in [2.24, 2.45) is 0 Å². The average Bonchev–Trinajstić information content (AvgIpc) is 2.88. The maximum atomic E-state index is 12.0. The molecule has 0 aliphatic heterocycles. The highest BCUT2D eigenvalue weighted by Crippen LogP contribution is 2.17. The molecule has 0 fully saturated rings. The summed E-state index contributed by atoms with van der Waals surface area (Å²) in [4.78, 5) is 17.2. The number of aromatic nitrogens is 1. The fourth-order valence-corrected chi connectivity index (χ4v) is 2.15. The van der Waals surface area contributed by atoms with E-state index in [1.807, 2.05) is 39.1 Å². The number of hydrogen-bond acceptors (Lipinski definition) is 5. The summed E-state index contributed by atoms with van der Waals surface area (Å²) in [7, 11) is 0. The number of ether oxygens (including phenoxy) is 1. The zero-order valence-corrected chi connectivity index (χ0v) is 12.7. The normalized spacial score (nSPS) is 11.2. The molecule has 0 saturated carbocycles. The number of thiazole rings is 1. The summed E-state index contributed by atoms with van der Waals surface area (Å²) in [6.45, 7) is 6.27. The number of carbonyl (C=O) groups is 1. The van der Waals surface area contributed by atoms with Gasteiger partial charge in [-0.2, -0.15) is 0 Å². The minimum absolute atomic E-state index is 0.307. The van der Waals surface area contributed by atoms with Gasteiger partial charge >= 0.3 is 5.97 Å². The van der Waals surface area contributed by atoms with Crippen LogP contribution in [0.15, 0.2) is 36.0 Å². The smallest absolute Gasteiger partial charge is 0.338 e. The Kier molecular flexibility index (Phi) is 4.39. The van der Waals surface area contributed by atoms with Gasteiger partial charge in [-0.1, -0.05) is 6.07 Å². The first-order valence-electron chi connectivity index (χ1n) is 6.39. The van der Waals surface area contributed by atoms with E-state index in [0.29, 0.717) is 12.1 Å². The third-order valence-electron chi connectivity index (χ3n) is 2.45. The molecular formula is C15H18N2O2S. The van der Waals surface area contributed by atoms with Gasteiger partial charge in [0.15, 0.2) is 0 Å². The predicted molar refractivity (Wildman–Crippen MR) is 81.1 cm³/mol. The van der Waals surface area contributed by atoms with Crippen molar-refractivity contribution in [1.29, 1.82) is 0 Å². The van der Waals surface area contributed by atoms with Crippen LogP contribution in [0.1, 0.15) is 36.0 Å². The molecule has 0 aliphatic carbocycles. The van der Waals surface area contributed by atoms with E-state index < -0.39 is 5.60 Å². The molecule has 0 spiro atoms. The lowest BCUT2D eigenvalue weighted by Gasteiger charge is -2.19. The van der Waals surface area contributed by atoms with E-state index in [2.05, 4.69) is 10.3 Å². The Hall–Kier alpha value is -1.88. The second-order valence-electron chi connectivity index (χ2n) is 5.40. The molecule has 20 heavy (non-hydrogen) atoms. The van der Waals surface area contributed by atoms with Gasteiger partial charge in [0.25, 0.3) is 0 Å². The second kappa shape index (κ2) is 6.05. The van der Waals surface area contributed by atoms with Gasteiger partial charge in [0.1, 0.15) is 5.60 Å². The molecule has 1 aromatic carbocycles. The number of carbonyl (C=O) groups excluding carboxylic acids is 1. The van der Waals surface area contributed by atoms with Crippen LogP contribution in [0.5, 0.6) is 0 Å². The van der Waals surface area contributed by atoms with Crippen LogP contribution in [0.3, 0.4) is 0 Å². The molecule has 1 aromatic heterocycles. The summed E-state index contributed by atoms with van der Waals surface area (Å²) in [6, 6.07) is 7.32. The highest BCUT2D eigenvalue weighted by Gasteiger charge is 2.17. The number of benzene rings is 1. The van der Waals surface area contributed by atoms with Crippen molar-refractivity contribution in [3.8, 4) is 0 Å². The quantitative estimate of drug-likeness (QED) is 0.872. The van der Waals surface area contributed by atoms with Crippen molar-refractivity contribution in [2.75, 3.05) is 5.32 Å². The Morgan fingerprint density at radius 1 is 1.40 bits per heavy atom. The zero-order valence-electron chi connectivity index (χ0n) is 11.8. The number of hydrogen-bond donors (Lipinski definition) is 1. The molecule has 0 bridgehead atoms. The fourth-order valence-electron chi connectivity index (χ4n) is 1.61. The molecule has 1 heterocycles. The molecule has 0 amide bonds. The number of esters is 1. The molecule has 1 N–H and O–H groups in total. The fraction of sp³-hybridized carbons (Fsp3) is 0.333. The topological polar surface area (TPSA) is 51.2 Å². The van der Waals surface area contributed by atoms with Crippen molar-refractivity contribution in [3.05, 3.63) is 46.4 Å². The third-order valence-corrected chi connectivity index (χ3v) is 3.23. The number of nitrogens with one attached hydrogen (secondary N) is 1. The second-order valence-corrected chi connectivity index (χ2v) is 6.37.